The summed E-state index contributed by atoms with van der Waals surface area (Å²) < 4.78 is 0. The molecule has 0 rings (SSSR count). The minimum Gasteiger partial charge on any atom is -0.314 e. The lowest BCUT2D eigenvalue weighted by atomic mass is 9.92. The molecule has 0 aromatic heterocycles. The van der Waals surface area contributed by atoms with Gasteiger partial charge in [0.2, 0.25) is 0 Å². The van der Waals surface area contributed by atoms with Gasteiger partial charge in [0.15, 0.2) is 0 Å². The van der Waals surface area contributed by atoms with Crippen molar-refractivity contribution in [2.24, 2.45) is 5.41 Å². The molecule has 11 heavy (non-hydrogen) atoms. The van der Waals surface area contributed by atoms with Crippen molar-refractivity contribution in [3.63, 3.8) is 0 Å². The van der Waals surface area contributed by atoms with Gasteiger partial charge in [0.25, 0.3) is 0 Å². The van der Waals surface area contributed by atoms with Gasteiger partial charge in [-0.15, -0.1) is 0 Å². The highest BCUT2D eigenvalue weighted by Gasteiger charge is 2.08. The molecule has 1 unspecified atom stereocenters. The third kappa shape index (κ3) is 5.02. The highest BCUT2D eigenvalue weighted by molar-refractivity contribution is 5.09. The average molecular weight is 155 g/mol. The summed E-state index contributed by atoms with van der Waals surface area (Å²) in [6, 6.07) is 0.495. The van der Waals surface area contributed by atoms with Gasteiger partial charge in [0.05, 0.1) is 0 Å². The maximum atomic E-state index is 3.22. The van der Waals surface area contributed by atoms with Crippen LogP contribution in [0.15, 0.2) is 11.6 Å². The SMILES string of the molecule is CNC(C)C(C)=CC(C)(C)C. The summed E-state index contributed by atoms with van der Waals surface area (Å²) in [6.45, 7) is 11.0. The molecule has 0 bridgehead atoms. The maximum Gasteiger partial charge on any atom is 0.0245 e. The predicted octanol–water partition coefficient (Wildman–Crippen LogP) is 2.59. The summed E-state index contributed by atoms with van der Waals surface area (Å²) in [5.74, 6) is 0. The van der Waals surface area contributed by atoms with Crippen molar-refractivity contribution >= 4 is 0 Å². The largest absolute Gasteiger partial charge is 0.314 e. The van der Waals surface area contributed by atoms with Gasteiger partial charge in [-0.2, -0.15) is 0 Å². The predicted molar refractivity (Wildman–Crippen MR) is 51.7 cm³/mol. The van der Waals surface area contributed by atoms with Gasteiger partial charge < -0.3 is 5.32 Å². The Morgan fingerprint density at radius 1 is 1.36 bits per heavy atom. The van der Waals surface area contributed by atoms with Gasteiger partial charge >= 0.3 is 0 Å². The molecule has 0 radical (unpaired) electrons. The van der Waals surface area contributed by atoms with Gasteiger partial charge in [-0.25, -0.2) is 0 Å². The van der Waals surface area contributed by atoms with Gasteiger partial charge in [0, 0.05) is 6.04 Å². The van der Waals surface area contributed by atoms with E-state index in [9.17, 15) is 0 Å². The Morgan fingerprint density at radius 2 is 1.82 bits per heavy atom. The summed E-state index contributed by atoms with van der Waals surface area (Å²) in [4.78, 5) is 0. The first-order valence-electron chi connectivity index (χ1n) is 4.23. The Morgan fingerprint density at radius 3 is 2.09 bits per heavy atom. The molecule has 0 saturated heterocycles. The van der Waals surface area contributed by atoms with Crippen LogP contribution in [-0.4, -0.2) is 13.1 Å². The number of rotatable bonds is 2. The summed E-state index contributed by atoms with van der Waals surface area (Å²) in [6.07, 6.45) is 2.31. The van der Waals surface area contributed by atoms with E-state index in [4.69, 9.17) is 0 Å². The second-order valence-corrected chi connectivity index (χ2v) is 4.26. The van der Waals surface area contributed by atoms with E-state index in [2.05, 4.69) is 46.0 Å². The van der Waals surface area contributed by atoms with E-state index in [1.165, 1.54) is 5.57 Å². The molecular weight excluding hydrogens is 134 g/mol. The Labute approximate surface area is 70.9 Å². The molecule has 1 heteroatoms. The molecular formula is C10H21N. The van der Waals surface area contributed by atoms with Crippen LogP contribution in [0, 0.1) is 5.41 Å². The lowest BCUT2D eigenvalue weighted by molar-refractivity contribution is 0.530. The van der Waals surface area contributed by atoms with Crippen LogP contribution >= 0.6 is 0 Å². The summed E-state index contributed by atoms with van der Waals surface area (Å²) in [5, 5.41) is 3.22. The second kappa shape index (κ2) is 3.91. The Bertz CT molecular complexity index is 139. The zero-order valence-corrected chi connectivity index (χ0v) is 8.65. The van der Waals surface area contributed by atoms with Crippen molar-refractivity contribution in [3.05, 3.63) is 11.6 Å². The van der Waals surface area contributed by atoms with Gasteiger partial charge in [0.1, 0.15) is 0 Å². The van der Waals surface area contributed by atoms with Crippen molar-refractivity contribution in [1.82, 2.24) is 5.32 Å². The van der Waals surface area contributed by atoms with Crippen LogP contribution in [0.2, 0.25) is 0 Å². The van der Waals surface area contributed by atoms with Crippen LogP contribution in [0.3, 0.4) is 0 Å². The number of hydrogen-bond acceptors (Lipinski definition) is 1. The van der Waals surface area contributed by atoms with Crippen LogP contribution in [-0.2, 0) is 0 Å². The smallest absolute Gasteiger partial charge is 0.0245 e. The van der Waals surface area contributed by atoms with E-state index in [1.807, 2.05) is 7.05 Å². The third-order valence-corrected chi connectivity index (χ3v) is 1.78. The average Bonchev–Trinajstić information content (AvgIpc) is 1.82. The molecule has 0 aromatic rings. The fourth-order valence-electron chi connectivity index (χ4n) is 1.04. The highest BCUT2D eigenvalue weighted by atomic mass is 14.9. The van der Waals surface area contributed by atoms with E-state index in [1.54, 1.807) is 0 Å². The molecule has 0 heterocycles. The van der Waals surface area contributed by atoms with Crippen molar-refractivity contribution < 1.29 is 0 Å². The van der Waals surface area contributed by atoms with E-state index >= 15 is 0 Å². The molecule has 0 saturated carbocycles. The molecule has 0 aliphatic rings. The maximum absolute atomic E-state index is 3.22. The zero-order chi connectivity index (χ0) is 9.07. The van der Waals surface area contributed by atoms with Crippen molar-refractivity contribution in [1.29, 1.82) is 0 Å². The van der Waals surface area contributed by atoms with E-state index in [0.29, 0.717) is 11.5 Å². The van der Waals surface area contributed by atoms with Crippen LogP contribution in [0.4, 0.5) is 0 Å². The van der Waals surface area contributed by atoms with E-state index in [-0.39, 0.29) is 0 Å². The Hall–Kier alpha value is -0.300. The monoisotopic (exact) mass is 155 g/mol. The van der Waals surface area contributed by atoms with Gasteiger partial charge in [-0.1, -0.05) is 32.4 Å². The van der Waals surface area contributed by atoms with Gasteiger partial charge in [-0.3, -0.25) is 0 Å². The van der Waals surface area contributed by atoms with Gasteiger partial charge in [-0.05, 0) is 26.3 Å². The van der Waals surface area contributed by atoms with Crippen molar-refractivity contribution in [2.75, 3.05) is 7.05 Å². The van der Waals surface area contributed by atoms with Crippen LogP contribution in [0.5, 0.6) is 0 Å². The molecule has 66 valence electrons. The molecule has 1 N–H and O–H groups in total. The first kappa shape index (κ1) is 10.7. The minimum atomic E-state index is 0.301. The lowest BCUT2D eigenvalue weighted by Gasteiger charge is -2.18. The molecule has 1 atom stereocenters. The fraction of sp³-hybridized carbons (Fsp3) is 0.800. The zero-order valence-electron chi connectivity index (χ0n) is 8.65. The number of hydrogen-bond donors (Lipinski definition) is 1. The van der Waals surface area contributed by atoms with Crippen molar-refractivity contribution in [2.45, 2.75) is 40.7 Å². The second-order valence-electron chi connectivity index (χ2n) is 4.26. The Kier molecular flexibility index (Phi) is 3.81. The number of nitrogens with one attached hydrogen (secondary N) is 1. The number of likely N-dealkylation sites (N-methyl/N-ethyl adjacent to an activating group) is 1. The summed E-state index contributed by atoms with van der Waals surface area (Å²) in [7, 11) is 1.99. The molecule has 0 fully saturated rings. The minimum absolute atomic E-state index is 0.301. The highest BCUT2D eigenvalue weighted by Crippen LogP contribution is 2.18. The van der Waals surface area contributed by atoms with E-state index in [0.717, 1.165) is 0 Å². The quantitative estimate of drug-likeness (QED) is 0.604. The number of allylic oxidation sites excluding steroid dienone is 1. The normalized spacial score (nSPS) is 16.7. The Balaban J connectivity index is 4.22. The van der Waals surface area contributed by atoms with Crippen molar-refractivity contribution in [3.8, 4) is 0 Å². The van der Waals surface area contributed by atoms with Crippen LogP contribution in [0.1, 0.15) is 34.6 Å². The standard InChI is InChI=1S/C10H21N/c1-8(9(2)11-6)7-10(3,4)5/h7,9,11H,1-6H3. The first-order valence-corrected chi connectivity index (χ1v) is 4.23. The molecule has 0 aromatic carbocycles. The summed E-state index contributed by atoms with van der Waals surface area (Å²) >= 11 is 0. The molecule has 0 aliphatic heterocycles. The van der Waals surface area contributed by atoms with Crippen LogP contribution < -0.4 is 5.32 Å². The molecule has 0 amide bonds. The summed E-state index contributed by atoms with van der Waals surface area (Å²) in [5.41, 5.74) is 1.72. The topological polar surface area (TPSA) is 12.0 Å². The van der Waals surface area contributed by atoms with Crippen LogP contribution in [0.25, 0.3) is 0 Å². The molecule has 0 aliphatic carbocycles. The lowest BCUT2D eigenvalue weighted by Crippen LogP contribution is -2.23. The first-order chi connectivity index (χ1) is 4.87. The third-order valence-electron chi connectivity index (χ3n) is 1.78. The van der Waals surface area contributed by atoms with E-state index < -0.39 is 0 Å². The molecule has 0 spiro atoms. The molecule has 1 nitrogen and oxygen atoms in total. The fourth-order valence-corrected chi connectivity index (χ4v) is 1.04.